The number of hydrogen-bond acceptors (Lipinski definition) is 4. The first-order valence-corrected chi connectivity index (χ1v) is 6.20. The normalized spacial score (nSPS) is 12.6. The van der Waals surface area contributed by atoms with Gasteiger partial charge in [-0.1, -0.05) is 0 Å². The van der Waals surface area contributed by atoms with Crippen molar-refractivity contribution in [2.75, 3.05) is 11.9 Å². The van der Waals surface area contributed by atoms with E-state index in [0.29, 0.717) is 12.1 Å². The van der Waals surface area contributed by atoms with Gasteiger partial charge >= 0.3 is 12.2 Å². The van der Waals surface area contributed by atoms with E-state index in [4.69, 9.17) is 5.11 Å². The molecular weight excluding hydrogens is 307 g/mol. The van der Waals surface area contributed by atoms with Crippen LogP contribution in [-0.2, 0) is 6.18 Å². The highest BCUT2D eigenvalue weighted by molar-refractivity contribution is 5.89. The average molecular weight is 321 g/mol. The number of nitrogens with one attached hydrogen (secondary N) is 2. The molecule has 3 N–H and O–H groups in total. The minimum Gasteiger partial charge on any atom is -0.393 e. The number of halogens is 3. The molecule has 122 valence electrons. The van der Waals surface area contributed by atoms with Crippen molar-refractivity contribution in [3.8, 4) is 0 Å². The number of nitrogens with zero attached hydrogens (tertiary/aromatic N) is 1. The molecule has 1 rings (SSSR count). The van der Waals surface area contributed by atoms with Crippen LogP contribution in [0.25, 0.3) is 0 Å². The summed E-state index contributed by atoms with van der Waals surface area (Å²) in [7, 11) is 0. The highest BCUT2D eigenvalue weighted by Gasteiger charge is 2.38. The van der Waals surface area contributed by atoms with Crippen molar-refractivity contribution in [3.05, 3.63) is 33.9 Å². The van der Waals surface area contributed by atoms with E-state index in [1.807, 2.05) is 0 Å². The summed E-state index contributed by atoms with van der Waals surface area (Å²) in [6.45, 7) is 1.65. The van der Waals surface area contributed by atoms with E-state index in [0.717, 1.165) is 6.07 Å². The molecule has 0 bridgehead atoms. The fourth-order valence-electron chi connectivity index (χ4n) is 1.57. The smallest absolute Gasteiger partial charge is 0.393 e. The first-order chi connectivity index (χ1) is 10.1. The lowest BCUT2D eigenvalue weighted by Crippen LogP contribution is -2.31. The lowest BCUT2D eigenvalue weighted by Gasteiger charge is -2.11. The van der Waals surface area contributed by atoms with Gasteiger partial charge < -0.3 is 15.7 Å². The molecule has 0 heterocycles. The number of hydrogen-bond donors (Lipinski definition) is 3. The summed E-state index contributed by atoms with van der Waals surface area (Å²) in [6, 6.07) is 1.39. The molecular formula is C12H14F3N3O4. The molecule has 10 heteroatoms. The molecule has 0 aromatic heterocycles. The monoisotopic (exact) mass is 321 g/mol. The maximum Gasteiger partial charge on any atom is 0.423 e. The Morgan fingerprint density at radius 2 is 2.09 bits per heavy atom. The topological polar surface area (TPSA) is 104 Å². The third-order valence-electron chi connectivity index (χ3n) is 2.60. The van der Waals surface area contributed by atoms with Crippen LogP contribution in [0.1, 0.15) is 18.9 Å². The Labute approximate surface area is 123 Å². The quantitative estimate of drug-likeness (QED) is 0.572. The van der Waals surface area contributed by atoms with E-state index in [9.17, 15) is 28.1 Å². The molecule has 0 aliphatic rings. The Morgan fingerprint density at radius 3 is 2.59 bits per heavy atom. The van der Waals surface area contributed by atoms with Gasteiger partial charge in [-0.3, -0.25) is 10.1 Å². The van der Waals surface area contributed by atoms with Crippen LogP contribution >= 0.6 is 0 Å². The van der Waals surface area contributed by atoms with E-state index in [1.165, 1.54) is 6.92 Å². The van der Waals surface area contributed by atoms with Crippen LogP contribution in [0.2, 0.25) is 0 Å². The second-order valence-corrected chi connectivity index (χ2v) is 4.51. The Bertz CT molecular complexity index is 561. The van der Waals surface area contributed by atoms with Crippen LogP contribution in [-0.4, -0.2) is 28.7 Å². The number of aliphatic hydroxyl groups excluding tert-OH is 1. The summed E-state index contributed by atoms with van der Waals surface area (Å²) >= 11 is 0. The van der Waals surface area contributed by atoms with Gasteiger partial charge in [0, 0.05) is 18.3 Å². The van der Waals surface area contributed by atoms with E-state index < -0.39 is 34.5 Å². The number of urea groups is 1. The van der Waals surface area contributed by atoms with Crippen molar-refractivity contribution in [3.63, 3.8) is 0 Å². The third-order valence-corrected chi connectivity index (χ3v) is 2.60. The third kappa shape index (κ3) is 5.20. The lowest BCUT2D eigenvalue weighted by molar-refractivity contribution is -0.388. The highest BCUT2D eigenvalue weighted by atomic mass is 19.4. The maximum absolute atomic E-state index is 12.8. The molecule has 1 unspecified atom stereocenters. The van der Waals surface area contributed by atoms with Crippen LogP contribution in [0.4, 0.5) is 29.3 Å². The summed E-state index contributed by atoms with van der Waals surface area (Å²) in [5.74, 6) is 0. The number of aliphatic hydroxyl groups is 1. The fourth-order valence-corrected chi connectivity index (χ4v) is 1.57. The SMILES string of the molecule is CC(O)CCNC(=O)Nc1ccc([N+](=O)[O-])c(C(F)(F)F)c1. The lowest BCUT2D eigenvalue weighted by atomic mass is 10.1. The first kappa shape index (κ1) is 17.7. The zero-order valence-corrected chi connectivity index (χ0v) is 11.5. The van der Waals surface area contributed by atoms with E-state index >= 15 is 0 Å². The molecule has 0 saturated carbocycles. The predicted octanol–water partition coefficient (Wildman–Crippen LogP) is 2.51. The molecule has 0 spiro atoms. The second kappa shape index (κ2) is 7.07. The van der Waals surface area contributed by atoms with Crippen molar-refractivity contribution in [1.82, 2.24) is 5.32 Å². The summed E-state index contributed by atoms with van der Waals surface area (Å²) in [5, 5.41) is 24.1. The molecule has 0 fully saturated rings. The Kier molecular flexibility index (Phi) is 5.69. The summed E-state index contributed by atoms with van der Waals surface area (Å²) in [4.78, 5) is 20.9. The van der Waals surface area contributed by atoms with Gasteiger partial charge in [-0.2, -0.15) is 13.2 Å². The predicted molar refractivity (Wildman–Crippen MR) is 71.4 cm³/mol. The fraction of sp³-hybridized carbons (Fsp3) is 0.417. The van der Waals surface area contributed by atoms with Gasteiger partial charge in [0.05, 0.1) is 11.0 Å². The largest absolute Gasteiger partial charge is 0.423 e. The molecule has 7 nitrogen and oxygen atoms in total. The molecule has 0 aliphatic heterocycles. The van der Waals surface area contributed by atoms with Gasteiger partial charge in [0.1, 0.15) is 5.56 Å². The van der Waals surface area contributed by atoms with Gasteiger partial charge in [0.25, 0.3) is 5.69 Å². The van der Waals surface area contributed by atoms with Crippen molar-refractivity contribution >= 4 is 17.4 Å². The van der Waals surface area contributed by atoms with Crippen molar-refractivity contribution < 1.29 is 28.0 Å². The van der Waals surface area contributed by atoms with Gasteiger partial charge in [0.15, 0.2) is 0 Å². The Morgan fingerprint density at radius 1 is 1.45 bits per heavy atom. The molecule has 22 heavy (non-hydrogen) atoms. The number of amides is 2. The van der Waals surface area contributed by atoms with Gasteiger partial charge in [0.2, 0.25) is 0 Å². The molecule has 2 amide bonds. The van der Waals surface area contributed by atoms with Crippen LogP contribution in [0.5, 0.6) is 0 Å². The van der Waals surface area contributed by atoms with Gasteiger partial charge in [-0.05, 0) is 25.5 Å². The number of rotatable bonds is 5. The van der Waals surface area contributed by atoms with E-state index in [1.54, 1.807) is 0 Å². The van der Waals surface area contributed by atoms with Crippen LogP contribution in [0.3, 0.4) is 0 Å². The zero-order chi connectivity index (χ0) is 16.9. The molecule has 0 saturated heterocycles. The standard InChI is InChI=1S/C12H14F3N3O4/c1-7(19)4-5-16-11(20)17-8-2-3-10(18(21)22)9(6-8)12(13,14)15/h2-3,6-7,19H,4-5H2,1H3,(H2,16,17,20). The number of carbonyl (C=O) groups excluding carboxylic acids is 1. The molecule has 0 aliphatic carbocycles. The number of carbonyl (C=O) groups is 1. The maximum atomic E-state index is 12.8. The van der Waals surface area contributed by atoms with Crippen LogP contribution in [0.15, 0.2) is 18.2 Å². The number of nitro groups is 1. The second-order valence-electron chi connectivity index (χ2n) is 4.51. The average Bonchev–Trinajstić information content (AvgIpc) is 2.36. The van der Waals surface area contributed by atoms with Crippen molar-refractivity contribution in [1.29, 1.82) is 0 Å². The number of benzene rings is 1. The zero-order valence-electron chi connectivity index (χ0n) is 11.5. The summed E-state index contributed by atoms with van der Waals surface area (Å²) < 4.78 is 38.3. The number of anilines is 1. The first-order valence-electron chi connectivity index (χ1n) is 6.20. The number of nitro benzene ring substituents is 1. The minimum absolute atomic E-state index is 0.128. The molecule has 0 radical (unpaired) electrons. The summed E-state index contributed by atoms with van der Waals surface area (Å²) in [6.07, 6.45) is -5.26. The van der Waals surface area contributed by atoms with E-state index in [2.05, 4.69) is 10.6 Å². The van der Waals surface area contributed by atoms with Gasteiger partial charge in [-0.25, -0.2) is 4.79 Å². The minimum atomic E-state index is -4.91. The number of alkyl halides is 3. The van der Waals surface area contributed by atoms with Gasteiger partial charge in [-0.15, -0.1) is 0 Å². The Hall–Kier alpha value is -2.36. The van der Waals surface area contributed by atoms with Crippen LogP contribution in [0, 0.1) is 10.1 Å². The van der Waals surface area contributed by atoms with E-state index in [-0.39, 0.29) is 18.7 Å². The summed E-state index contributed by atoms with van der Waals surface area (Å²) in [5.41, 5.74) is -2.76. The molecule has 1 aromatic carbocycles. The van der Waals surface area contributed by atoms with Crippen molar-refractivity contribution in [2.45, 2.75) is 25.6 Å². The molecule has 1 atom stereocenters. The van der Waals surface area contributed by atoms with Crippen molar-refractivity contribution in [2.24, 2.45) is 0 Å². The Balaban J connectivity index is 2.85. The molecule has 1 aromatic rings. The highest BCUT2D eigenvalue weighted by Crippen LogP contribution is 2.37. The van der Waals surface area contributed by atoms with Crippen LogP contribution < -0.4 is 10.6 Å².